The lowest BCUT2D eigenvalue weighted by atomic mass is 10.4. The van der Waals surface area contributed by atoms with E-state index in [0.717, 1.165) is 5.76 Å². The average Bonchev–Trinajstić information content (AvgIpc) is 2.75. The van der Waals surface area contributed by atoms with E-state index in [2.05, 4.69) is 23.7 Å². The fourth-order valence-electron chi connectivity index (χ4n) is 0.777. The molecule has 1 N–H and O–H groups in total. The van der Waals surface area contributed by atoms with Gasteiger partial charge in [-0.25, -0.2) is 0 Å². The van der Waals surface area contributed by atoms with Crippen LogP contribution < -0.4 is 0 Å². The summed E-state index contributed by atoms with van der Waals surface area (Å²) < 4.78 is 5.06. The molecule has 0 spiro atoms. The van der Waals surface area contributed by atoms with Crippen molar-refractivity contribution in [3.05, 3.63) is 42.4 Å². The van der Waals surface area contributed by atoms with Crippen molar-refractivity contribution in [2.75, 3.05) is 6.61 Å². The molecule has 15 heavy (non-hydrogen) atoms. The molecule has 0 aliphatic carbocycles. The van der Waals surface area contributed by atoms with Gasteiger partial charge in [0.2, 0.25) is 0 Å². The van der Waals surface area contributed by atoms with Gasteiger partial charge in [0.15, 0.2) is 0 Å². The Balaban J connectivity index is 2.39. The lowest BCUT2D eigenvalue weighted by molar-refractivity contribution is 0.343. The second-order valence-electron chi connectivity index (χ2n) is 2.47. The summed E-state index contributed by atoms with van der Waals surface area (Å²) in [5.74, 6) is 11.4. The van der Waals surface area contributed by atoms with Crippen LogP contribution >= 0.6 is 0 Å². The lowest BCUT2D eigenvalue weighted by Crippen LogP contribution is -1.67. The van der Waals surface area contributed by atoms with Crippen LogP contribution in [0.1, 0.15) is 5.76 Å². The third-order valence-corrected chi connectivity index (χ3v) is 1.39. The van der Waals surface area contributed by atoms with Crippen LogP contribution in [-0.2, 0) is 0 Å². The number of hydrogen-bond acceptors (Lipinski definition) is 2. The zero-order valence-electron chi connectivity index (χ0n) is 8.10. The van der Waals surface area contributed by atoms with Crippen LogP contribution in [0, 0.1) is 23.7 Å². The van der Waals surface area contributed by atoms with E-state index in [-0.39, 0.29) is 6.61 Å². The fraction of sp³-hybridized carbons (Fsp3) is 0.0769. The molecule has 2 nitrogen and oxygen atoms in total. The molecule has 0 aliphatic heterocycles. The molecule has 0 saturated heterocycles. The quantitative estimate of drug-likeness (QED) is 0.736. The van der Waals surface area contributed by atoms with Crippen LogP contribution in [0.3, 0.4) is 0 Å². The van der Waals surface area contributed by atoms with Gasteiger partial charge < -0.3 is 9.52 Å². The van der Waals surface area contributed by atoms with E-state index in [0.29, 0.717) is 0 Å². The highest BCUT2D eigenvalue weighted by molar-refractivity contribution is 5.48. The summed E-state index contributed by atoms with van der Waals surface area (Å²) in [6.45, 7) is 0.000501. The van der Waals surface area contributed by atoms with Crippen molar-refractivity contribution in [3.63, 3.8) is 0 Å². The fourth-order valence-corrected chi connectivity index (χ4v) is 0.777. The Kier molecular flexibility index (Phi) is 5.29. The number of aliphatic hydroxyl groups is 1. The third-order valence-electron chi connectivity index (χ3n) is 1.39. The van der Waals surface area contributed by atoms with E-state index in [1.54, 1.807) is 30.6 Å². The Morgan fingerprint density at radius 3 is 2.73 bits per heavy atom. The number of furan rings is 1. The summed E-state index contributed by atoms with van der Waals surface area (Å²) >= 11 is 0. The van der Waals surface area contributed by atoms with Gasteiger partial charge in [-0.1, -0.05) is 17.9 Å². The van der Waals surface area contributed by atoms with Crippen LogP contribution in [0.4, 0.5) is 0 Å². The Bertz CT molecular complexity index is 442. The van der Waals surface area contributed by atoms with E-state index in [1.807, 2.05) is 12.1 Å². The van der Waals surface area contributed by atoms with E-state index >= 15 is 0 Å². The van der Waals surface area contributed by atoms with Crippen LogP contribution in [0.15, 0.2) is 41.0 Å². The van der Waals surface area contributed by atoms with Crippen molar-refractivity contribution in [3.8, 4) is 23.7 Å². The van der Waals surface area contributed by atoms with Crippen LogP contribution in [0.5, 0.6) is 0 Å². The molecule has 0 aliphatic rings. The molecule has 0 aromatic carbocycles. The lowest BCUT2D eigenvalue weighted by Gasteiger charge is -1.76. The van der Waals surface area contributed by atoms with E-state index in [9.17, 15) is 0 Å². The third kappa shape index (κ3) is 5.21. The molecule has 0 radical (unpaired) electrons. The average molecular weight is 198 g/mol. The van der Waals surface area contributed by atoms with Crippen LogP contribution in [0.25, 0.3) is 6.08 Å². The number of rotatable bonds is 2. The monoisotopic (exact) mass is 198 g/mol. The van der Waals surface area contributed by atoms with Gasteiger partial charge in [-0.3, -0.25) is 0 Å². The molecular weight excluding hydrogens is 188 g/mol. The molecule has 2 heteroatoms. The van der Waals surface area contributed by atoms with Gasteiger partial charge in [0.05, 0.1) is 12.9 Å². The second-order valence-corrected chi connectivity index (χ2v) is 2.47. The molecule has 0 bridgehead atoms. The normalized spacial score (nSPS) is 9.67. The Hall–Kier alpha value is -2.16. The Morgan fingerprint density at radius 1 is 1.27 bits per heavy atom. The van der Waals surface area contributed by atoms with Gasteiger partial charge >= 0.3 is 0 Å². The van der Waals surface area contributed by atoms with Gasteiger partial charge in [-0.15, -0.1) is 0 Å². The molecule has 0 fully saturated rings. The van der Waals surface area contributed by atoms with Gasteiger partial charge in [0, 0.05) is 0 Å². The number of hydrogen-bond donors (Lipinski definition) is 1. The predicted octanol–water partition coefficient (Wildman–Crippen LogP) is 1.85. The van der Waals surface area contributed by atoms with Crippen molar-refractivity contribution in [2.45, 2.75) is 0 Å². The predicted molar refractivity (Wildman–Crippen MR) is 59.5 cm³/mol. The van der Waals surface area contributed by atoms with Crippen LogP contribution in [0.2, 0.25) is 0 Å². The minimum atomic E-state index is 0.000501. The van der Waals surface area contributed by atoms with Gasteiger partial charge in [0.25, 0.3) is 0 Å². The van der Waals surface area contributed by atoms with Crippen molar-refractivity contribution >= 4 is 6.08 Å². The molecule has 0 unspecified atom stereocenters. The highest BCUT2D eigenvalue weighted by Gasteiger charge is 1.83. The van der Waals surface area contributed by atoms with E-state index < -0.39 is 0 Å². The maximum atomic E-state index is 8.40. The standard InChI is InChI=1S/C13H10O2/c14-11-7-5-3-1-2-4-6-9-13-10-8-12-15-13/h5-10,12,14H,11H2/b7-5+,9-6-. The summed E-state index contributed by atoms with van der Waals surface area (Å²) in [7, 11) is 0. The Morgan fingerprint density at radius 2 is 2.07 bits per heavy atom. The SMILES string of the molecule is OC/C=C/C#CC#C/C=C\c1ccco1. The van der Waals surface area contributed by atoms with E-state index in [4.69, 9.17) is 9.52 Å². The molecule has 0 saturated carbocycles. The smallest absolute Gasteiger partial charge is 0.127 e. The summed E-state index contributed by atoms with van der Waals surface area (Å²) in [6, 6.07) is 3.65. The van der Waals surface area contributed by atoms with Crippen molar-refractivity contribution in [2.24, 2.45) is 0 Å². The first kappa shape index (κ1) is 10.9. The maximum Gasteiger partial charge on any atom is 0.127 e. The summed E-state index contributed by atoms with van der Waals surface area (Å²) in [5, 5.41) is 8.40. The second kappa shape index (κ2) is 7.26. The van der Waals surface area contributed by atoms with E-state index in [1.165, 1.54) is 0 Å². The van der Waals surface area contributed by atoms with Crippen molar-refractivity contribution < 1.29 is 9.52 Å². The van der Waals surface area contributed by atoms with Crippen molar-refractivity contribution in [1.82, 2.24) is 0 Å². The molecule has 1 aromatic rings. The van der Waals surface area contributed by atoms with Crippen LogP contribution in [-0.4, -0.2) is 11.7 Å². The van der Waals surface area contributed by atoms with Gasteiger partial charge in [-0.05, 0) is 42.2 Å². The zero-order chi connectivity index (χ0) is 10.8. The largest absolute Gasteiger partial charge is 0.465 e. The molecule has 1 heterocycles. The van der Waals surface area contributed by atoms with Crippen molar-refractivity contribution in [1.29, 1.82) is 0 Å². The molecule has 0 amide bonds. The first-order valence-corrected chi connectivity index (χ1v) is 4.40. The summed E-state index contributed by atoms with van der Waals surface area (Å²) in [5.41, 5.74) is 0. The first-order chi connectivity index (χ1) is 7.43. The molecule has 74 valence electrons. The number of allylic oxidation sites excluding steroid dienone is 2. The highest BCUT2D eigenvalue weighted by atomic mass is 16.3. The topological polar surface area (TPSA) is 33.4 Å². The molecule has 0 atom stereocenters. The first-order valence-electron chi connectivity index (χ1n) is 4.40. The summed E-state index contributed by atoms with van der Waals surface area (Å²) in [4.78, 5) is 0. The zero-order valence-corrected chi connectivity index (χ0v) is 8.10. The number of aliphatic hydroxyl groups excluding tert-OH is 1. The molecular formula is C13H10O2. The minimum Gasteiger partial charge on any atom is -0.465 e. The summed E-state index contributed by atoms with van der Waals surface area (Å²) in [6.07, 6.45) is 8.15. The Labute approximate surface area is 88.9 Å². The highest BCUT2D eigenvalue weighted by Crippen LogP contribution is 2.00. The molecule has 1 aromatic heterocycles. The minimum absolute atomic E-state index is 0.000501. The molecule has 1 rings (SSSR count). The van der Waals surface area contributed by atoms with Gasteiger partial charge in [0.1, 0.15) is 5.76 Å². The maximum absolute atomic E-state index is 8.40. The van der Waals surface area contributed by atoms with Gasteiger partial charge in [-0.2, -0.15) is 0 Å².